The molecule has 0 bridgehead atoms. The van der Waals surface area contributed by atoms with E-state index in [1.165, 1.54) is 22.5 Å². The van der Waals surface area contributed by atoms with E-state index in [2.05, 4.69) is 0 Å². The fourth-order valence-electron chi connectivity index (χ4n) is 4.24. The van der Waals surface area contributed by atoms with Crippen molar-refractivity contribution >= 4 is 25.8 Å². The quantitative estimate of drug-likeness (QED) is 0.617. The zero-order chi connectivity index (χ0) is 23.6. The van der Waals surface area contributed by atoms with Crippen LogP contribution in [0.3, 0.4) is 0 Å². The summed E-state index contributed by atoms with van der Waals surface area (Å²) in [4.78, 5) is 16.7. The second-order valence-electron chi connectivity index (χ2n) is 8.16. The Morgan fingerprint density at radius 2 is 1.42 bits per heavy atom. The number of sulfonamides is 1. The summed E-state index contributed by atoms with van der Waals surface area (Å²) in [5, 5.41) is 0. The van der Waals surface area contributed by atoms with Crippen molar-refractivity contribution < 1.29 is 26.0 Å². The van der Waals surface area contributed by atoms with E-state index in [1.807, 2.05) is 35.2 Å². The van der Waals surface area contributed by atoms with Gasteiger partial charge in [0.2, 0.25) is 15.9 Å². The lowest BCUT2D eigenvalue weighted by Crippen LogP contribution is -2.54. The molecule has 0 aromatic heterocycles. The highest BCUT2D eigenvalue weighted by molar-refractivity contribution is 7.91. The largest absolute Gasteiger partial charge is 0.338 e. The minimum absolute atomic E-state index is 0.00171. The van der Waals surface area contributed by atoms with E-state index >= 15 is 0 Å². The number of benzene rings is 2. The summed E-state index contributed by atoms with van der Waals surface area (Å²) in [5.74, 6) is -1.00. The zero-order valence-electron chi connectivity index (χ0n) is 18.0. The molecule has 0 aliphatic carbocycles. The van der Waals surface area contributed by atoms with Gasteiger partial charge in [0.1, 0.15) is 16.8 Å². The number of carbonyl (C=O) groups excluding carboxylic acids is 1. The Hall–Kier alpha value is -2.34. The molecule has 178 valence electrons. The topological polar surface area (TPSA) is 95.1 Å². The molecule has 0 N–H and O–H groups in total. The number of carbonyl (C=O) groups is 1. The molecule has 33 heavy (non-hydrogen) atoms. The third kappa shape index (κ3) is 5.11. The van der Waals surface area contributed by atoms with Crippen LogP contribution in [0.15, 0.2) is 59.5 Å². The molecule has 0 saturated carbocycles. The molecular weight excluding hydrogens is 469 g/mol. The summed E-state index contributed by atoms with van der Waals surface area (Å²) in [6.45, 7) is 0.963. The van der Waals surface area contributed by atoms with Gasteiger partial charge in [0.05, 0.1) is 11.5 Å². The van der Waals surface area contributed by atoms with Gasteiger partial charge in [-0.15, -0.1) is 0 Å². The van der Waals surface area contributed by atoms with E-state index in [0.29, 0.717) is 0 Å². The summed E-state index contributed by atoms with van der Waals surface area (Å²) in [6.07, 6.45) is 0. The fraction of sp³-hybridized carbons (Fsp3) is 0.409. The summed E-state index contributed by atoms with van der Waals surface area (Å²) >= 11 is 0. The standard InChI is InChI=1S/C22H26FN3O5S2/c23-19-8-4-5-9-20(19)33(30,31)26-12-10-25(11-13-26)22(27)21(18-6-2-1-3-7-18)24-14-16-32(28,29)17-15-24/h1-9,21H,10-17H2. The van der Waals surface area contributed by atoms with Gasteiger partial charge in [-0.3, -0.25) is 9.69 Å². The third-order valence-corrected chi connectivity index (χ3v) is 9.64. The van der Waals surface area contributed by atoms with Gasteiger partial charge in [-0.1, -0.05) is 42.5 Å². The van der Waals surface area contributed by atoms with Crippen LogP contribution in [0.5, 0.6) is 0 Å². The lowest BCUT2D eigenvalue weighted by Gasteiger charge is -2.39. The van der Waals surface area contributed by atoms with Crippen LogP contribution >= 0.6 is 0 Å². The van der Waals surface area contributed by atoms with Crippen molar-refractivity contribution in [3.63, 3.8) is 0 Å². The van der Waals surface area contributed by atoms with Crippen LogP contribution < -0.4 is 0 Å². The average Bonchev–Trinajstić information content (AvgIpc) is 2.81. The molecule has 2 saturated heterocycles. The molecule has 2 fully saturated rings. The molecule has 4 rings (SSSR count). The first-order chi connectivity index (χ1) is 15.7. The van der Waals surface area contributed by atoms with Gasteiger partial charge < -0.3 is 4.90 Å². The van der Waals surface area contributed by atoms with Gasteiger partial charge >= 0.3 is 0 Å². The maximum Gasteiger partial charge on any atom is 0.246 e. The van der Waals surface area contributed by atoms with E-state index in [4.69, 9.17) is 0 Å². The van der Waals surface area contributed by atoms with Crippen LogP contribution in [-0.2, 0) is 24.7 Å². The highest BCUT2D eigenvalue weighted by Gasteiger charge is 2.37. The molecule has 1 atom stereocenters. The highest BCUT2D eigenvalue weighted by atomic mass is 32.2. The van der Waals surface area contributed by atoms with Crippen molar-refractivity contribution in [2.45, 2.75) is 10.9 Å². The predicted octanol–water partition coefficient (Wildman–Crippen LogP) is 1.13. The molecule has 11 heteroatoms. The number of hydrogen-bond acceptors (Lipinski definition) is 6. The van der Waals surface area contributed by atoms with Gasteiger partial charge in [-0.05, 0) is 17.7 Å². The highest BCUT2D eigenvalue weighted by Crippen LogP contribution is 2.27. The number of sulfone groups is 1. The zero-order valence-corrected chi connectivity index (χ0v) is 19.6. The smallest absolute Gasteiger partial charge is 0.246 e. The van der Waals surface area contributed by atoms with E-state index < -0.39 is 31.7 Å². The van der Waals surface area contributed by atoms with Crippen LogP contribution in [0, 0.1) is 5.82 Å². The first kappa shape index (κ1) is 23.8. The van der Waals surface area contributed by atoms with Crippen LogP contribution in [0.2, 0.25) is 0 Å². The molecule has 2 aliphatic heterocycles. The predicted molar refractivity (Wildman–Crippen MR) is 121 cm³/mol. The van der Waals surface area contributed by atoms with Gasteiger partial charge in [0.25, 0.3) is 0 Å². The van der Waals surface area contributed by atoms with Crippen molar-refractivity contribution in [3.8, 4) is 0 Å². The second-order valence-corrected chi connectivity index (χ2v) is 12.4. The number of piperazine rings is 1. The first-order valence-corrected chi connectivity index (χ1v) is 14.0. The van der Waals surface area contributed by atoms with Crippen LogP contribution in [0.4, 0.5) is 4.39 Å². The Labute approximate surface area is 193 Å². The molecule has 1 unspecified atom stereocenters. The van der Waals surface area contributed by atoms with Gasteiger partial charge in [-0.25, -0.2) is 21.2 Å². The summed E-state index contributed by atoms with van der Waals surface area (Å²) in [6, 6.07) is 13.8. The number of halogens is 1. The van der Waals surface area contributed by atoms with Gasteiger partial charge in [0, 0.05) is 39.3 Å². The lowest BCUT2D eigenvalue weighted by molar-refractivity contribution is -0.138. The molecular formula is C22H26FN3O5S2. The number of rotatable bonds is 5. The fourth-order valence-corrected chi connectivity index (χ4v) is 6.96. The average molecular weight is 496 g/mol. The number of nitrogens with zero attached hydrogens (tertiary/aromatic N) is 3. The van der Waals surface area contributed by atoms with Crippen molar-refractivity contribution in [2.24, 2.45) is 0 Å². The van der Waals surface area contributed by atoms with E-state index in [0.717, 1.165) is 11.6 Å². The SMILES string of the molecule is O=C(C(c1ccccc1)N1CCS(=O)(=O)CC1)N1CCN(S(=O)(=O)c2ccccc2F)CC1. The van der Waals surface area contributed by atoms with Crippen molar-refractivity contribution in [1.29, 1.82) is 0 Å². The van der Waals surface area contributed by atoms with Crippen molar-refractivity contribution in [1.82, 2.24) is 14.1 Å². The van der Waals surface area contributed by atoms with E-state index in [1.54, 1.807) is 4.90 Å². The Morgan fingerprint density at radius 1 is 0.848 bits per heavy atom. The Bertz CT molecular complexity index is 1200. The molecule has 2 heterocycles. The molecule has 8 nitrogen and oxygen atoms in total. The minimum Gasteiger partial charge on any atom is -0.338 e. The second kappa shape index (κ2) is 9.49. The molecule has 0 radical (unpaired) electrons. The molecule has 2 aliphatic rings. The van der Waals surface area contributed by atoms with Crippen LogP contribution in [0.1, 0.15) is 11.6 Å². The monoisotopic (exact) mass is 495 g/mol. The van der Waals surface area contributed by atoms with Crippen LogP contribution in [0.25, 0.3) is 0 Å². The van der Waals surface area contributed by atoms with Crippen LogP contribution in [-0.4, -0.2) is 87.6 Å². The van der Waals surface area contributed by atoms with E-state index in [-0.39, 0.29) is 61.6 Å². The molecule has 2 aromatic carbocycles. The Balaban J connectivity index is 1.50. The summed E-state index contributed by atoms with van der Waals surface area (Å²) in [5.41, 5.74) is 0.767. The van der Waals surface area contributed by atoms with Crippen molar-refractivity contribution in [3.05, 3.63) is 66.0 Å². The lowest BCUT2D eigenvalue weighted by atomic mass is 10.0. The van der Waals surface area contributed by atoms with Gasteiger partial charge in [0.15, 0.2) is 9.84 Å². The first-order valence-electron chi connectivity index (χ1n) is 10.7. The maximum atomic E-state index is 14.1. The van der Waals surface area contributed by atoms with Gasteiger partial charge in [-0.2, -0.15) is 4.31 Å². The Kier molecular flexibility index (Phi) is 6.85. The summed E-state index contributed by atoms with van der Waals surface area (Å²) in [7, 11) is -7.11. The van der Waals surface area contributed by atoms with E-state index in [9.17, 15) is 26.0 Å². The maximum absolute atomic E-state index is 14.1. The minimum atomic E-state index is -4.00. The molecule has 1 amide bonds. The van der Waals surface area contributed by atoms with Crippen molar-refractivity contribution in [2.75, 3.05) is 50.8 Å². The third-order valence-electron chi connectivity index (χ3n) is 6.10. The number of hydrogen-bond donors (Lipinski definition) is 0. The number of amides is 1. The Morgan fingerprint density at radius 3 is 2.03 bits per heavy atom. The molecule has 0 spiro atoms. The normalized spacial score (nSPS) is 20.9. The molecule has 2 aromatic rings. The summed E-state index contributed by atoms with van der Waals surface area (Å²) < 4.78 is 64.8.